The third-order valence-electron chi connectivity index (χ3n) is 4.00. The quantitative estimate of drug-likeness (QED) is 0.748. The molecule has 0 saturated heterocycles. The highest BCUT2D eigenvalue weighted by Crippen LogP contribution is 2.34. The second-order valence-electron chi connectivity index (χ2n) is 6.00. The van der Waals surface area contributed by atoms with Crippen molar-refractivity contribution < 1.29 is 0 Å². The van der Waals surface area contributed by atoms with Crippen molar-refractivity contribution in [3.8, 4) is 0 Å². The van der Waals surface area contributed by atoms with Crippen LogP contribution in [-0.4, -0.2) is 29.1 Å². The molecule has 1 saturated carbocycles. The minimum atomic E-state index is 0.703. The van der Waals surface area contributed by atoms with Gasteiger partial charge in [-0.05, 0) is 39.5 Å². The number of nitrogens with zero attached hydrogens (tertiary/aromatic N) is 3. The summed E-state index contributed by atoms with van der Waals surface area (Å²) >= 11 is 0. The summed E-state index contributed by atoms with van der Waals surface area (Å²) < 4.78 is 0. The van der Waals surface area contributed by atoms with Crippen molar-refractivity contribution in [1.82, 2.24) is 9.97 Å². The second-order valence-corrected chi connectivity index (χ2v) is 6.00. The SMILES string of the molecule is CCCCN(c1nc(CCC)nc(NCC)c1C)C1CC1. The predicted octanol–water partition coefficient (Wildman–Crippen LogP) is 3.94. The lowest BCUT2D eigenvalue weighted by molar-refractivity contribution is 0.695. The molecular formula is C17H30N4. The highest BCUT2D eigenvalue weighted by Gasteiger charge is 2.31. The summed E-state index contributed by atoms with van der Waals surface area (Å²) in [6.07, 6.45) is 7.14. The summed E-state index contributed by atoms with van der Waals surface area (Å²) in [5.41, 5.74) is 1.21. The van der Waals surface area contributed by atoms with E-state index in [1.807, 2.05) is 0 Å². The molecule has 1 aromatic heterocycles. The Morgan fingerprint density at radius 2 is 1.90 bits per heavy atom. The number of aryl methyl sites for hydroxylation is 1. The molecule has 4 nitrogen and oxygen atoms in total. The van der Waals surface area contributed by atoms with Crippen molar-refractivity contribution in [2.24, 2.45) is 0 Å². The number of rotatable bonds is 9. The fraction of sp³-hybridized carbons (Fsp3) is 0.765. The van der Waals surface area contributed by atoms with E-state index in [1.165, 1.54) is 37.1 Å². The van der Waals surface area contributed by atoms with E-state index in [-0.39, 0.29) is 0 Å². The summed E-state index contributed by atoms with van der Waals surface area (Å²) in [7, 11) is 0. The number of nitrogens with one attached hydrogen (secondary N) is 1. The van der Waals surface area contributed by atoms with Gasteiger partial charge in [-0.2, -0.15) is 0 Å². The Morgan fingerprint density at radius 3 is 2.48 bits per heavy atom. The van der Waals surface area contributed by atoms with Crippen LogP contribution in [0.5, 0.6) is 0 Å². The van der Waals surface area contributed by atoms with Crippen LogP contribution in [0.2, 0.25) is 0 Å². The third kappa shape index (κ3) is 4.08. The largest absolute Gasteiger partial charge is 0.370 e. The average Bonchev–Trinajstić information content (AvgIpc) is 3.29. The molecule has 118 valence electrons. The Morgan fingerprint density at radius 1 is 1.14 bits per heavy atom. The van der Waals surface area contributed by atoms with Crippen LogP contribution in [0.1, 0.15) is 64.3 Å². The van der Waals surface area contributed by atoms with Gasteiger partial charge in [-0.1, -0.05) is 20.3 Å². The van der Waals surface area contributed by atoms with Crippen molar-refractivity contribution in [1.29, 1.82) is 0 Å². The molecule has 1 fully saturated rings. The van der Waals surface area contributed by atoms with Crippen molar-refractivity contribution in [3.05, 3.63) is 11.4 Å². The van der Waals surface area contributed by atoms with E-state index in [9.17, 15) is 0 Å². The molecule has 2 rings (SSSR count). The molecule has 0 bridgehead atoms. The fourth-order valence-corrected chi connectivity index (χ4v) is 2.68. The molecule has 21 heavy (non-hydrogen) atoms. The molecule has 0 radical (unpaired) electrons. The predicted molar refractivity (Wildman–Crippen MR) is 90.2 cm³/mol. The van der Waals surface area contributed by atoms with Gasteiger partial charge < -0.3 is 10.2 Å². The molecule has 1 aliphatic carbocycles. The summed E-state index contributed by atoms with van der Waals surface area (Å²) in [6.45, 7) is 10.7. The molecule has 0 atom stereocenters. The molecule has 1 heterocycles. The topological polar surface area (TPSA) is 41.1 Å². The molecular weight excluding hydrogens is 260 g/mol. The van der Waals surface area contributed by atoms with Crippen LogP contribution in [0, 0.1) is 6.92 Å². The van der Waals surface area contributed by atoms with Gasteiger partial charge in [0.1, 0.15) is 17.5 Å². The summed E-state index contributed by atoms with van der Waals surface area (Å²) in [5, 5.41) is 3.41. The van der Waals surface area contributed by atoms with Crippen LogP contribution in [-0.2, 0) is 6.42 Å². The first-order valence-corrected chi connectivity index (χ1v) is 8.59. The second kappa shape index (κ2) is 7.62. The van der Waals surface area contributed by atoms with Gasteiger partial charge in [-0.25, -0.2) is 9.97 Å². The monoisotopic (exact) mass is 290 g/mol. The van der Waals surface area contributed by atoms with Crippen LogP contribution in [0.15, 0.2) is 0 Å². The van der Waals surface area contributed by atoms with Crippen molar-refractivity contribution in [2.45, 2.75) is 72.3 Å². The average molecular weight is 290 g/mol. The van der Waals surface area contributed by atoms with E-state index in [1.54, 1.807) is 0 Å². The molecule has 1 aliphatic rings. The lowest BCUT2D eigenvalue weighted by atomic mass is 10.2. The van der Waals surface area contributed by atoms with E-state index in [0.29, 0.717) is 6.04 Å². The van der Waals surface area contributed by atoms with Gasteiger partial charge in [0, 0.05) is 31.1 Å². The number of hydrogen-bond acceptors (Lipinski definition) is 4. The Hall–Kier alpha value is -1.32. The lowest BCUT2D eigenvalue weighted by Crippen LogP contribution is -2.29. The summed E-state index contributed by atoms with van der Waals surface area (Å²) in [6, 6.07) is 0.703. The zero-order valence-corrected chi connectivity index (χ0v) is 14.1. The molecule has 0 aliphatic heterocycles. The molecule has 1 aromatic rings. The highest BCUT2D eigenvalue weighted by atomic mass is 15.2. The third-order valence-corrected chi connectivity index (χ3v) is 4.00. The van der Waals surface area contributed by atoms with E-state index < -0.39 is 0 Å². The number of hydrogen-bond donors (Lipinski definition) is 1. The Kier molecular flexibility index (Phi) is 5.83. The minimum absolute atomic E-state index is 0.703. The molecule has 0 amide bonds. The van der Waals surface area contributed by atoms with Gasteiger partial charge in [0.2, 0.25) is 0 Å². The normalized spacial score (nSPS) is 14.3. The number of aromatic nitrogens is 2. The van der Waals surface area contributed by atoms with Crippen molar-refractivity contribution in [3.63, 3.8) is 0 Å². The van der Waals surface area contributed by atoms with Crippen molar-refractivity contribution >= 4 is 11.6 Å². The molecule has 0 aromatic carbocycles. The van der Waals surface area contributed by atoms with Crippen LogP contribution < -0.4 is 10.2 Å². The number of unbranched alkanes of at least 4 members (excludes halogenated alkanes) is 1. The summed E-state index contributed by atoms with van der Waals surface area (Å²) in [5.74, 6) is 3.17. The highest BCUT2D eigenvalue weighted by molar-refractivity contribution is 5.59. The zero-order chi connectivity index (χ0) is 15.2. The van der Waals surface area contributed by atoms with Gasteiger partial charge in [-0.15, -0.1) is 0 Å². The Balaban J connectivity index is 2.33. The maximum Gasteiger partial charge on any atom is 0.137 e. The minimum Gasteiger partial charge on any atom is -0.370 e. The van der Waals surface area contributed by atoms with Gasteiger partial charge in [0.05, 0.1) is 0 Å². The van der Waals surface area contributed by atoms with Crippen LogP contribution >= 0.6 is 0 Å². The van der Waals surface area contributed by atoms with E-state index in [2.05, 4.69) is 37.9 Å². The van der Waals surface area contributed by atoms with Gasteiger partial charge in [-0.3, -0.25) is 0 Å². The maximum absolute atomic E-state index is 4.89. The zero-order valence-electron chi connectivity index (χ0n) is 14.1. The van der Waals surface area contributed by atoms with Crippen LogP contribution in [0.3, 0.4) is 0 Å². The Labute approximate surface area is 129 Å². The first-order chi connectivity index (χ1) is 10.2. The smallest absolute Gasteiger partial charge is 0.137 e. The van der Waals surface area contributed by atoms with E-state index in [4.69, 9.17) is 9.97 Å². The first kappa shape index (κ1) is 16.1. The van der Waals surface area contributed by atoms with E-state index in [0.717, 1.165) is 37.6 Å². The standard InChI is InChI=1S/C17H30N4/c1-5-8-12-21(14-10-11-14)17-13(4)16(18-7-3)19-15(20-17)9-6-2/h14H,5-12H2,1-4H3,(H,18,19,20). The summed E-state index contributed by atoms with van der Waals surface area (Å²) in [4.78, 5) is 12.1. The molecule has 0 unspecified atom stereocenters. The lowest BCUT2D eigenvalue weighted by Gasteiger charge is -2.26. The molecule has 0 spiro atoms. The van der Waals surface area contributed by atoms with Gasteiger partial charge in [0.15, 0.2) is 0 Å². The number of anilines is 2. The Bertz CT molecular complexity index is 454. The van der Waals surface area contributed by atoms with Crippen molar-refractivity contribution in [2.75, 3.05) is 23.3 Å². The van der Waals surface area contributed by atoms with Crippen LogP contribution in [0.4, 0.5) is 11.6 Å². The molecule has 4 heteroatoms. The fourth-order valence-electron chi connectivity index (χ4n) is 2.68. The first-order valence-electron chi connectivity index (χ1n) is 8.59. The van der Waals surface area contributed by atoms with E-state index >= 15 is 0 Å². The molecule has 1 N–H and O–H groups in total. The van der Waals surface area contributed by atoms with Gasteiger partial charge in [0.25, 0.3) is 0 Å². The van der Waals surface area contributed by atoms with Crippen LogP contribution in [0.25, 0.3) is 0 Å². The van der Waals surface area contributed by atoms with Gasteiger partial charge >= 0.3 is 0 Å². The maximum atomic E-state index is 4.89.